The Hall–Kier alpha value is -1.30. The lowest BCUT2D eigenvalue weighted by Gasteiger charge is -2.30. The molecule has 0 spiro atoms. The maximum absolute atomic E-state index is 12.7. The summed E-state index contributed by atoms with van der Waals surface area (Å²) in [6, 6.07) is 3.77. The fourth-order valence-electron chi connectivity index (χ4n) is 2.83. The van der Waals surface area contributed by atoms with Gasteiger partial charge in [-0.1, -0.05) is 11.6 Å². The van der Waals surface area contributed by atoms with Crippen molar-refractivity contribution in [3.05, 3.63) is 29.2 Å². The average Bonchev–Trinajstić information content (AvgIpc) is 2.81. The Labute approximate surface area is 147 Å². The van der Waals surface area contributed by atoms with E-state index in [-0.39, 0.29) is 23.9 Å². The highest BCUT2D eigenvalue weighted by Gasteiger charge is 2.26. The number of carbonyl (C=O) groups excluding carboxylic acids is 1. The number of nitrogens with one attached hydrogen (secondary N) is 1. The zero-order valence-corrected chi connectivity index (χ0v) is 15.2. The molecule has 5 nitrogen and oxygen atoms in total. The zero-order chi connectivity index (χ0) is 15.9. The summed E-state index contributed by atoms with van der Waals surface area (Å²) in [5.41, 5.74) is 1.75. The van der Waals surface area contributed by atoms with Gasteiger partial charge in [-0.25, -0.2) is 4.98 Å². The predicted octanol–water partition coefficient (Wildman–Crippen LogP) is 2.96. The van der Waals surface area contributed by atoms with Crippen LogP contribution in [0.1, 0.15) is 31.3 Å². The number of hydrogen-bond acceptors (Lipinski definition) is 3. The van der Waals surface area contributed by atoms with Crippen LogP contribution in [0.15, 0.2) is 18.3 Å². The first kappa shape index (κ1) is 18.0. The van der Waals surface area contributed by atoms with Crippen LogP contribution in [0.3, 0.4) is 0 Å². The van der Waals surface area contributed by atoms with E-state index >= 15 is 0 Å². The molecule has 23 heavy (non-hydrogen) atoms. The lowest BCUT2D eigenvalue weighted by atomic mass is 10.1. The van der Waals surface area contributed by atoms with E-state index in [0.717, 1.165) is 30.5 Å². The number of fused-ring (bicyclic) bond motifs is 3. The van der Waals surface area contributed by atoms with Crippen LogP contribution < -0.4 is 5.32 Å². The van der Waals surface area contributed by atoms with Gasteiger partial charge in [-0.2, -0.15) is 0 Å². The average molecular weight is 357 g/mol. The van der Waals surface area contributed by atoms with Crippen LogP contribution in [0.2, 0.25) is 5.15 Å². The highest BCUT2D eigenvalue weighted by Crippen LogP contribution is 2.27. The Morgan fingerprint density at radius 2 is 2.09 bits per heavy atom. The molecule has 0 fully saturated rings. The van der Waals surface area contributed by atoms with E-state index in [0.29, 0.717) is 17.4 Å². The topological polar surface area (TPSA) is 50.2 Å². The molecule has 0 aliphatic carbocycles. The summed E-state index contributed by atoms with van der Waals surface area (Å²) in [5.74, 6) is 0.0641. The molecular weight excluding hydrogens is 335 g/mol. The van der Waals surface area contributed by atoms with Crippen molar-refractivity contribution in [2.45, 2.75) is 32.9 Å². The molecule has 1 amide bonds. The van der Waals surface area contributed by atoms with Crippen molar-refractivity contribution < 1.29 is 4.79 Å². The number of carbonyl (C=O) groups is 1. The Morgan fingerprint density at radius 1 is 1.35 bits per heavy atom. The Bertz CT molecular complexity index is 721. The van der Waals surface area contributed by atoms with Crippen LogP contribution in [-0.4, -0.2) is 45.5 Å². The second kappa shape index (κ2) is 6.67. The number of pyridine rings is 1. The number of nitrogens with zero attached hydrogens (tertiary/aromatic N) is 3. The SMILES string of the molecule is CC(C)(C)NCCN1CCn2c(cc3c(Cl)nccc32)C1=O.Cl. The van der Waals surface area contributed by atoms with E-state index in [1.54, 1.807) is 6.20 Å². The summed E-state index contributed by atoms with van der Waals surface area (Å²) < 4.78 is 2.04. The van der Waals surface area contributed by atoms with Crippen molar-refractivity contribution in [2.75, 3.05) is 19.6 Å². The van der Waals surface area contributed by atoms with Gasteiger partial charge in [-0.05, 0) is 32.9 Å². The van der Waals surface area contributed by atoms with Crippen molar-refractivity contribution in [3.63, 3.8) is 0 Å². The molecule has 2 aromatic rings. The number of aromatic nitrogens is 2. The molecule has 0 unspecified atom stereocenters. The molecule has 3 rings (SSSR count). The minimum atomic E-state index is 0. The summed E-state index contributed by atoms with van der Waals surface area (Å²) >= 11 is 6.14. The second-order valence-corrected chi connectivity index (χ2v) is 7.04. The molecule has 1 aliphatic heterocycles. The minimum Gasteiger partial charge on any atom is -0.335 e. The van der Waals surface area contributed by atoms with Gasteiger partial charge < -0.3 is 14.8 Å². The third-order valence-electron chi connectivity index (χ3n) is 3.92. The van der Waals surface area contributed by atoms with Gasteiger partial charge in [0.2, 0.25) is 0 Å². The molecule has 1 aliphatic rings. The predicted molar refractivity (Wildman–Crippen MR) is 95.7 cm³/mol. The van der Waals surface area contributed by atoms with Crippen LogP contribution >= 0.6 is 24.0 Å². The van der Waals surface area contributed by atoms with Gasteiger partial charge in [0.15, 0.2) is 0 Å². The highest BCUT2D eigenvalue weighted by atomic mass is 35.5. The third-order valence-corrected chi connectivity index (χ3v) is 4.22. The summed E-state index contributed by atoms with van der Waals surface area (Å²) in [6.07, 6.45) is 1.68. The van der Waals surface area contributed by atoms with Crippen molar-refractivity contribution in [3.8, 4) is 0 Å². The fourth-order valence-corrected chi connectivity index (χ4v) is 3.04. The minimum absolute atomic E-state index is 0. The van der Waals surface area contributed by atoms with E-state index in [1.165, 1.54) is 0 Å². The number of amides is 1. The molecule has 0 atom stereocenters. The molecule has 126 valence electrons. The molecule has 0 radical (unpaired) electrons. The normalized spacial score (nSPS) is 14.8. The van der Waals surface area contributed by atoms with Crippen LogP contribution in [-0.2, 0) is 6.54 Å². The zero-order valence-electron chi connectivity index (χ0n) is 13.6. The van der Waals surface area contributed by atoms with E-state index < -0.39 is 0 Å². The van der Waals surface area contributed by atoms with E-state index in [9.17, 15) is 4.79 Å². The van der Waals surface area contributed by atoms with Crippen molar-refractivity contribution >= 4 is 40.8 Å². The molecule has 0 bridgehead atoms. The number of hydrogen-bond donors (Lipinski definition) is 1. The lowest BCUT2D eigenvalue weighted by Crippen LogP contribution is -2.46. The lowest BCUT2D eigenvalue weighted by molar-refractivity contribution is 0.0705. The fraction of sp³-hybridized carbons (Fsp3) is 0.500. The first-order valence-corrected chi connectivity index (χ1v) is 7.93. The smallest absolute Gasteiger partial charge is 0.270 e. The summed E-state index contributed by atoms with van der Waals surface area (Å²) in [6.45, 7) is 9.39. The molecular formula is C16H22Cl2N4O. The number of halogens is 2. The Morgan fingerprint density at radius 3 is 2.78 bits per heavy atom. The second-order valence-electron chi connectivity index (χ2n) is 6.68. The van der Waals surface area contributed by atoms with Crippen molar-refractivity contribution in [1.29, 1.82) is 0 Å². The molecule has 1 N–H and O–H groups in total. The summed E-state index contributed by atoms with van der Waals surface area (Å²) in [4.78, 5) is 18.7. The van der Waals surface area contributed by atoms with Crippen LogP contribution in [0, 0.1) is 0 Å². The van der Waals surface area contributed by atoms with Gasteiger partial charge in [-0.3, -0.25) is 4.79 Å². The van der Waals surface area contributed by atoms with Crippen LogP contribution in [0.4, 0.5) is 0 Å². The van der Waals surface area contributed by atoms with Gasteiger partial charge in [0.05, 0.1) is 5.52 Å². The largest absolute Gasteiger partial charge is 0.335 e. The van der Waals surface area contributed by atoms with Crippen LogP contribution in [0.5, 0.6) is 0 Å². The summed E-state index contributed by atoms with van der Waals surface area (Å²) in [7, 11) is 0. The Kier molecular flexibility index (Phi) is 5.23. The molecule has 7 heteroatoms. The van der Waals surface area contributed by atoms with Gasteiger partial charge in [0.1, 0.15) is 10.8 Å². The van der Waals surface area contributed by atoms with Crippen LogP contribution in [0.25, 0.3) is 10.9 Å². The Balaban J connectivity index is 0.00000192. The third kappa shape index (κ3) is 3.62. The molecule has 3 heterocycles. The molecule has 0 saturated heterocycles. The van der Waals surface area contributed by atoms with Gasteiger partial charge in [0.25, 0.3) is 5.91 Å². The highest BCUT2D eigenvalue weighted by molar-refractivity contribution is 6.34. The molecule has 0 saturated carbocycles. The van der Waals surface area contributed by atoms with Crippen molar-refractivity contribution in [1.82, 2.24) is 19.8 Å². The van der Waals surface area contributed by atoms with Gasteiger partial charge >= 0.3 is 0 Å². The summed E-state index contributed by atoms with van der Waals surface area (Å²) in [5, 5.41) is 4.72. The van der Waals surface area contributed by atoms with E-state index in [4.69, 9.17) is 11.6 Å². The van der Waals surface area contributed by atoms with Crippen molar-refractivity contribution in [2.24, 2.45) is 0 Å². The maximum atomic E-state index is 12.7. The van der Waals surface area contributed by atoms with E-state index in [2.05, 4.69) is 31.1 Å². The first-order chi connectivity index (χ1) is 10.4. The quantitative estimate of drug-likeness (QED) is 0.860. The van der Waals surface area contributed by atoms with Gasteiger partial charge in [-0.15, -0.1) is 12.4 Å². The number of rotatable bonds is 3. The maximum Gasteiger partial charge on any atom is 0.270 e. The monoisotopic (exact) mass is 356 g/mol. The molecule has 2 aromatic heterocycles. The molecule has 0 aromatic carbocycles. The standard InChI is InChI=1S/C16H21ClN4O.ClH/c1-16(2,3)19-6-7-20-8-9-21-12-4-5-18-14(17)11(12)10-13(21)15(20)22;/h4-5,10,19H,6-9H2,1-3H3;1H. The first-order valence-electron chi connectivity index (χ1n) is 7.55. The van der Waals surface area contributed by atoms with Gasteiger partial charge in [0, 0.05) is 43.3 Å². The van der Waals surface area contributed by atoms with E-state index in [1.807, 2.05) is 21.6 Å².